The first-order chi connectivity index (χ1) is 10.4. The third-order valence-corrected chi connectivity index (χ3v) is 3.35. The van der Waals surface area contributed by atoms with Gasteiger partial charge in [-0.3, -0.25) is 4.79 Å². The maximum atomic E-state index is 11.0. The van der Waals surface area contributed by atoms with E-state index < -0.39 is 0 Å². The molecule has 0 aromatic heterocycles. The summed E-state index contributed by atoms with van der Waals surface area (Å²) in [5.41, 5.74) is 3.77. The predicted octanol–water partition coefficient (Wildman–Crippen LogP) is 4.83. The molecule has 0 aliphatic rings. The molecule has 0 saturated carbocycles. The number of ether oxygens (including phenoxy) is 2. The number of aryl methyl sites for hydroxylation is 2. The van der Waals surface area contributed by atoms with E-state index >= 15 is 0 Å². The first-order valence-electron chi connectivity index (χ1n) is 6.64. The number of hydrogen-bond donors (Lipinski definition) is 0. The minimum Gasteiger partial charge on any atom is -0.426 e. The fourth-order valence-corrected chi connectivity index (χ4v) is 2.37. The molecule has 2 rings (SSSR count). The quantitative estimate of drug-likeness (QED) is 0.315. The van der Waals surface area contributed by atoms with Crippen molar-refractivity contribution in [2.45, 2.75) is 20.8 Å². The van der Waals surface area contributed by atoms with E-state index in [0.29, 0.717) is 11.5 Å². The second-order valence-corrected chi connectivity index (χ2v) is 5.77. The Morgan fingerprint density at radius 2 is 1.32 bits per heavy atom. The maximum absolute atomic E-state index is 11.0. The molecule has 4 nitrogen and oxygen atoms in total. The Balaban J connectivity index is 2.32. The van der Waals surface area contributed by atoms with E-state index in [1.807, 2.05) is 38.1 Å². The van der Waals surface area contributed by atoms with Crippen molar-refractivity contribution in [1.82, 2.24) is 0 Å². The van der Waals surface area contributed by atoms with Crippen molar-refractivity contribution in [3.8, 4) is 22.6 Å². The van der Waals surface area contributed by atoms with E-state index in [0.717, 1.165) is 22.3 Å². The average molecular weight is 410 g/mol. The number of carbonyl (C=O) groups excluding carboxylic acids is 2. The normalized spacial score (nSPS) is 10.2. The summed E-state index contributed by atoms with van der Waals surface area (Å²) in [6.45, 7) is 5.16. The van der Waals surface area contributed by atoms with Gasteiger partial charge in [-0.25, -0.2) is 4.79 Å². The van der Waals surface area contributed by atoms with Gasteiger partial charge in [-0.2, -0.15) is 0 Å². The van der Waals surface area contributed by atoms with E-state index in [9.17, 15) is 9.59 Å². The molecule has 2 aromatic carbocycles. The van der Waals surface area contributed by atoms with Crippen molar-refractivity contribution in [2.75, 3.05) is 0 Å². The molecule has 0 fully saturated rings. The standard InChI is InChI=1S/C17H15IO4/c1-10-8-13(4-6-15(10)21-12(3)19)14-5-7-16(11(2)9-14)22-17(18)20/h4-9H,1-3H3. The second kappa shape index (κ2) is 6.91. The van der Waals surface area contributed by atoms with Gasteiger partial charge in [-0.05, 0) is 60.4 Å². The Labute approximate surface area is 142 Å². The first-order valence-corrected chi connectivity index (χ1v) is 7.72. The molecule has 0 saturated heterocycles. The first kappa shape index (κ1) is 16.5. The topological polar surface area (TPSA) is 52.6 Å². The molecule has 114 valence electrons. The van der Waals surface area contributed by atoms with Crippen molar-refractivity contribution >= 4 is 32.5 Å². The van der Waals surface area contributed by atoms with Gasteiger partial charge in [0.25, 0.3) is 0 Å². The van der Waals surface area contributed by atoms with Crippen LogP contribution in [-0.4, -0.2) is 9.95 Å². The summed E-state index contributed by atoms with van der Waals surface area (Å²) >= 11 is 1.60. The molecule has 0 amide bonds. The molecule has 0 radical (unpaired) electrons. The largest absolute Gasteiger partial charge is 0.426 e. The summed E-state index contributed by atoms with van der Waals surface area (Å²) in [6.07, 6.45) is 0. The zero-order valence-corrected chi connectivity index (χ0v) is 14.6. The highest BCUT2D eigenvalue weighted by atomic mass is 127. The average Bonchev–Trinajstić information content (AvgIpc) is 2.42. The van der Waals surface area contributed by atoms with Crippen LogP contribution in [0.4, 0.5) is 4.79 Å². The van der Waals surface area contributed by atoms with Gasteiger partial charge in [0.1, 0.15) is 11.5 Å². The Morgan fingerprint density at radius 1 is 0.864 bits per heavy atom. The van der Waals surface area contributed by atoms with E-state index in [4.69, 9.17) is 9.47 Å². The molecule has 0 atom stereocenters. The lowest BCUT2D eigenvalue weighted by atomic mass is 10.0. The Kier molecular flexibility index (Phi) is 5.18. The van der Waals surface area contributed by atoms with Crippen molar-refractivity contribution < 1.29 is 19.1 Å². The fourth-order valence-electron chi connectivity index (χ4n) is 2.13. The van der Waals surface area contributed by atoms with Gasteiger partial charge in [-0.1, -0.05) is 12.1 Å². The van der Waals surface area contributed by atoms with Gasteiger partial charge in [0.15, 0.2) is 0 Å². The summed E-state index contributed by atoms with van der Waals surface area (Å²) in [5.74, 6) is 0.775. The van der Waals surface area contributed by atoms with Crippen molar-refractivity contribution in [1.29, 1.82) is 0 Å². The lowest BCUT2D eigenvalue weighted by Gasteiger charge is -2.10. The fraction of sp³-hybridized carbons (Fsp3) is 0.176. The molecule has 5 heteroatoms. The molecule has 0 N–H and O–H groups in total. The highest BCUT2D eigenvalue weighted by Crippen LogP contribution is 2.30. The van der Waals surface area contributed by atoms with Gasteiger partial charge < -0.3 is 9.47 Å². The van der Waals surface area contributed by atoms with E-state index in [2.05, 4.69) is 0 Å². The number of halogens is 1. The van der Waals surface area contributed by atoms with Gasteiger partial charge in [0, 0.05) is 6.92 Å². The Hall–Kier alpha value is -1.89. The number of benzene rings is 2. The highest BCUT2D eigenvalue weighted by Gasteiger charge is 2.08. The number of esters is 1. The maximum Gasteiger partial charge on any atom is 0.372 e. The van der Waals surface area contributed by atoms with Crippen LogP contribution in [0.1, 0.15) is 18.1 Å². The van der Waals surface area contributed by atoms with Crippen molar-refractivity contribution in [3.63, 3.8) is 0 Å². The van der Waals surface area contributed by atoms with Crippen LogP contribution in [-0.2, 0) is 4.79 Å². The predicted molar refractivity (Wildman–Crippen MR) is 92.7 cm³/mol. The molecular weight excluding hydrogens is 395 g/mol. The van der Waals surface area contributed by atoms with Gasteiger partial charge in [0.05, 0.1) is 22.6 Å². The SMILES string of the molecule is CC(=O)Oc1ccc(-c2ccc(OC(=O)I)c(C)c2)cc1C. The zero-order chi connectivity index (χ0) is 16.3. The van der Waals surface area contributed by atoms with Crippen LogP contribution in [0.15, 0.2) is 36.4 Å². The summed E-state index contributed by atoms with van der Waals surface area (Å²) in [6, 6.07) is 11.2. The molecule has 0 spiro atoms. The second-order valence-electron chi connectivity index (χ2n) is 4.89. The summed E-state index contributed by atoms with van der Waals surface area (Å²) in [7, 11) is 0. The van der Waals surface area contributed by atoms with Gasteiger partial charge >= 0.3 is 9.95 Å². The Morgan fingerprint density at radius 3 is 1.68 bits per heavy atom. The van der Waals surface area contributed by atoms with Crippen LogP contribution < -0.4 is 9.47 Å². The number of rotatable bonds is 3. The molecule has 0 aliphatic heterocycles. The third kappa shape index (κ3) is 4.07. The molecule has 0 bridgehead atoms. The lowest BCUT2D eigenvalue weighted by Crippen LogP contribution is -2.02. The molecule has 2 aromatic rings. The van der Waals surface area contributed by atoms with Gasteiger partial charge in [0.2, 0.25) is 0 Å². The zero-order valence-electron chi connectivity index (χ0n) is 12.5. The number of hydrogen-bond acceptors (Lipinski definition) is 4. The van der Waals surface area contributed by atoms with Crippen LogP contribution in [0.3, 0.4) is 0 Å². The van der Waals surface area contributed by atoms with Crippen LogP contribution in [0, 0.1) is 13.8 Å². The van der Waals surface area contributed by atoms with Crippen LogP contribution in [0.2, 0.25) is 0 Å². The van der Waals surface area contributed by atoms with Crippen molar-refractivity contribution in [3.05, 3.63) is 47.5 Å². The smallest absolute Gasteiger partial charge is 0.372 e. The van der Waals surface area contributed by atoms with Crippen LogP contribution in [0.5, 0.6) is 11.5 Å². The molecule has 0 unspecified atom stereocenters. The minimum absolute atomic E-state index is 0.336. The van der Waals surface area contributed by atoms with E-state index in [-0.39, 0.29) is 9.95 Å². The summed E-state index contributed by atoms with van der Waals surface area (Å²) < 4.78 is 9.87. The van der Waals surface area contributed by atoms with Crippen LogP contribution in [0.25, 0.3) is 11.1 Å². The molecule has 22 heavy (non-hydrogen) atoms. The minimum atomic E-state index is -0.366. The van der Waals surface area contributed by atoms with Gasteiger partial charge in [-0.15, -0.1) is 0 Å². The number of carbonyl (C=O) groups is 2. The molecule has 0 aliphatic carbocycles. The monoisotopic (exact) mass is 410 g/mol. The third-order valence-electron chi connectivity index (χ3n) is 3.13. The highest BCUT2D eigenvalue weighted by molar-refractivity contribution is 14.1. The van der Waals surface area contributed by atoms with Crippen molar-refractivity contribution in [2.24, 2.45) is 0 Å². The van der Waals surface area contributed by atoms with E-state index in [1.165, 1.54) is 6.92 Å². The van der Waals surface area contributed by atoms with Crippen LogP contribution >= 0.6 is 22.6 Å². The molecule has 0 heterocycles. The van der Waals surface area contributed by atoms with E-state index in [1.54, 1.807) is 34.7 Å². The summed E-state index contributed by atoms with van der Waals surface area (Å²) in [4.78, 5) is 22.0. The lowest BCUT2D eigenvalue weighted by molar-refractivity contribution is -0.131. The Bertz CT molecular complexity index is 674. The molecular formula is C17H15IO4. The summed E-state index contributed by atoms with van der Waals surface area (Å²) in [5, 5.41) is 0.